The average molecular weight is 483 g/mol. The first kappa shape index (κ1) is 25.5. The van der Waals surface area contributed by atoms with Crippen LogP contribution in [0.15, 0.2) is 60.7 Å². The Morgan fingerprint density at radius 1 is 0.875 bits per heavy atom. The second-order valence-electron chi connectivity index (χ2n) is 7.26. The number of sulfonamides is 1. The van der Waals surface area contributed by atoms with Crippen molar-refractivity contribution in [1.29, 1.82) is 0 Å². The number of methoxy groups -OCH3 is 1. The number of benzene rings is 2. The molecule has 2 rings (SSSR count). The molecular formula is C21H26N2O7S2. The van der Waals surface area contributed by atoms with Gasteiger partial charge in [0.05, 0.1) is 24.9 Å². The molecule has 0 aliphatic rings. The molecule has 174 valence electrons. The van der Waals surface area contributed by atoms with Gasteiger partial charge in [0.25, 0.3) is 0 Å². The van der Waals surface area contributed by atoms with E-state index in [1.54, 1.807) is 60.7 Å². The topological polar surface area (TPSA) is 136 Å². The molecule has 1 amide bonds. The highest BCUT2D eigenvalue weighted by molar-refractivity contribution is 7.91. The van der Waals surface area contributed by atoms with Crippen molar-refractivity contribution in [3.63, 3.8) is 0 Å². The summed E-state index contributed by atoms with van der Waals surface area (Å²) in [5.41, 5.74) is 1.23. The summed E-state index contributed by atoms with van der Waals surface area (Å²) in [6.07, 6.45) is 0.903. The molecule has 0 bridgehead atoms. The molecule has 2 N–H and O–H groups in total. The maximum atomic E-state index is 12.9. The number of carbonyl (C=O) groups is 2. The molecule has 32 heavy (non-hydrogen) atoms. The Morgan fingerprint density at radius 3 is 1.91 bits per heavy atom. The summed E-state index contributed by atoms with van der Waals surface area (Å²) >= 11 is 0. The van der Waals surface area contributed by atoms with Gasteiger partial charge in [-0.1, -0.05) is 60.7 Å². The minimum Gasteiger partial charge on any atom is -0.467 e. The van der Waals surface area contributed by atoms with Crippen LogP contribution >= 0.6 is 0 Å². The van der Waals surface area contributed by atoms with Crippen molar-refractivity contribution < 1.29 is 31.2 Å². The Kier molecular flexibility index (Phi) is 8.93. The van der Waals surface area contributed by atoms with Crippen molar-refractivity contribution >= 4 is 31.7 Å². The molecule has 9 nitrogen and oxygen atoms in total. The molecule has 0 spiro atoms. The van der Waals surface area contributed by atoms with E-state index in [-0.39, 0.29) is 12.2 Å². The van der Waals surface area contributed by atoms with Crippen LogP contribution in [0.3, 0.4) is 0 Å². The van der Waals surface area contributed by atoms with Gasteiger partial charge in [0.2, 0.25) is 15.9 Å². The average Bonchev–Trinajstić information content (AvgIpc) is 2.72. The highest BCUT2D eigenvalue weighted by Gasteiger charge is 2.31. The molecule has 2 aromatic rings. The maximum Gasteiger partial charge on any atom is 0.328 e. The molecule has 0 saturated carbocycles. The van der Waals surface area contributed by atoms with Crippen molar-refractivity contribution in [1.82, 2.24) is 10.0 Å². The third-order valence-corrected chi connectivity index (χ3v) is 6.73. The number of amides is 1. The second-order valence-corrected chi connectivity index (χ2v) is 11.1. The Hall–Kier alpha value is -2.76. The van der Waals surface area contributed by atoms with Gasteiger partial charge in [-0.25, -0.2) is 26.4 Å². The quantitative estimate of drug-likeness (QED) is 0.443. The third kappa shape index (κ3) is 8.77. The summed E-state index contributed by atoms with van der Waals surface area (Å²) in [7, 11) is -6.65. The molecule has 0 aliphatic heterocycles. The van der Waals surface area contributed by atoms with Gasteiger partial charge < -0.3 is 10.1 Å². The van der Waals surface area contributed by atoms with Crippen LogP contribution in [0.5, 0.6) is 0 Å². The summed E-state index contributed by atoms with van der Waals surface area (Å²) in [6.45, 7) is 0. The van der Waals surface area contributed by atoms with Crippen LogP contribution in [-0.4, -0.2) is 59.9 Å². The number of hydrogen-bond acceptors (Lipinski definition) is 7. The first-order chi connectivity index (χ1) is 15.0. The van der Waals surface area contributed by atoms with E-state index in [4.69, 9.17) is 4.74 Å². The van der Waals surface area contributed by atoms with Crippen LogP contribution in [0.1, 0.15) is 11.1 Å². The van der Waals surface area contributed by atoms with E-state index in [2.05, 4.69) is 10.0 Å². The van der Waals surface area contributed by atoms with Gasteiger partial charge >= 0.3 is 5.97 Å². The number of sulfone groups is 1. The Labute approximate surface area is 188 Å². The molecule has 11 heteroatoms. The Balaban J connectivity index is 2.21. The van der Waals surface area contributed by atoms with Crippen LogP contribution in [0.4, 0.5) is 0 Å². The lowest BCUT2D eigenvalue weighted by Gasteiger charge is -2.22. The monoisotopic (exact) mass is 482 g/mol. The Bertz CT molecular complexity index is 1120. The number of hydrogen-bond donors (Lipinski definition) is 2. The molecule has 0 radical (unpaired) electrons. The lowest BCUT2D eigenvalue weighted by molar-refractivity contribution is -0.145. The zero-order chi connectivity index (χ0) is 23.8. The summed E-state index contributed by atoms with van der Waals surface area (Å²) in [4.78, 5) is 25.1. The van der Waals surface area contributed by atoms with Crippen LogP contribution in [0.25, 0.3) is 0 Å². The summed E-state index contributed by atoms with van der Waals surface area (Å²) in [5.74, 6) is -2.83. The van der Waals surface area contributed by atoms with Crippen LogP contribution in [-0.2, 0) is 46.4 Å². The lowest BCUT2D eigenvalue weighted by Crippen LogP contribution is -2.54. The van der Waals surface area contributed by atoms with E-state index in [9.17, 15) is 26.4 Å². The van der Waals surface area contributed by atoms with E-state index in [1.165, 1.54) is 0 Å². The molecule has 0 aromatic heterocycles. The van der Waals surface area contributed by atoms with E-state index in [1.807, 2.05) is 0 Å². The van der Waals surface area contributed by atoms with Crippen molar-refractivity contribution in [2.24, 2.45) is 0 Å². The van der Waals surface area contributed by atoms with Crippen LogP contribution < -0.4 is 10.0 Å². The summed E-state index contributed by atoms with van der Waals surface area (Å²) < 4.78 is 55.7. The van der Waals surface area contributed by atoms with E-state index in [0.29, 0.717) is 5.56 Å². The zero-order valence-electron chi connectivity index (χ0n) is 17.7. The standard InChI is InChI=1S/C21H26N2O7S2/c1-30-21(25)18(13-16-9-5-3-6-10-16)22-20(24)19(23-31(2,26)27)15-32(28,29)14-17-11-7-4-8-12-17/h3-12,18-19,23H,13-15H2,1-2H3,(H,22,24)/t18-,19+/m0/s1. The van der Waals surface area contributed by atoms with Gasteiger partial charge in [-0.05, 0) is 11.1 Å². The molecule has 0 fully saturated rings. The zero-order valence-corrected chi connectivity index (χ0v) is 19.4. The van der Waals surface area contributed by atoms with Gasteiger partial charge in [0.15, 0.2) is 9.84 Å². The first-order valence-corrected chi connectivity index (χ1v) is 13.3. The highest BCUT2D eigenvalue weighted by atomic mass is 32.2. The predicted molar refractivity (Wildman–Crippen MR) is 120 cm³/mol. The number of rotatable bonds is 11. The van der Waals surface area contributed by atoms with Crippen molar-refractivity contribution in [2.75, 3.05) is 19.1 Å². The van der Waals surface area contributed by atoms with Gasteiger partial charge in [0.1, 0.15) is 12.1 Å². The van der Waals surface area contributed by atoms with Gasteiger partial charge in [-0.3, -0.25) is 4.79 Å². The highest BCUT2D eigenvalue weighted by Crippen LogP contribution is 2.10. The second kappa shape index (κ2) is 11.2. The van der Waals surface area contributed by atoms with Crippen molar-refractivity contribution in [3.05, 3.63) is 71.8 Å². The third-order valence-electron chi connectivity index (χ3n) is 4.41. The fourth-order valence-corrected chi connectivity index (χ4v) is 5.39. The molecule has 2 aromatic carbocycles. The number of carbonyl (C=O) groups excluding carboxylic acids is 2. The van der Waals surface area contributed by atoms with E-state index < -0.39 is 49.6 Å². The maximum absolute atomic E-state index is 12.9. The Morgan fingerprint density at radius 2 is 1.41 bits per heavy atom. The number of nitrogens with one attached hydrogen (secondary N) is 2. The van der Waals surface area contributed by atoms with E-state index >= 15 is 0 Å². The molecule has 0 unspecified atom stereocenters. The van der Waals surface area contributed by atoms with Gasteiger partial charge in [-0.15, -0.1) is 0 Å². The molecule has 2 atom stereocenters. The van der Waals surface area contributed by atoms with E-state index in [0.717, 1.165) is 18.9 Å². The number of esters is 1. The normalized spacial score (nSPS) is 13.7. The van der Waals surface area contributed by atoms with Gasteiger partial charge in [0, 0.05) is 6.42 Å². The van der Waals surface area contributed by atoms with Crippen LogP contribution in [0.2, 0.25) is 0 Å². The van der Waals surface area contributed by atoms with Crippen LogP contribution in [0, 0.1) is 0 Å². The summed E-state index contributed by atoms with van der Waals surface area (Å²) in [6, 6.07) is 14.4. The van der Waals surface area contributed by atoms with Crippen molar-refractivity contribution in [2.45, 2.75) is 24.3 Å². The minimum atomic E-state index is -3.93. The smallest absolute Gasteiger partial charge is 0.328 e. The first-order valence-electron chi connectivity index (χ1n) is 9.63. The lowest BCUT2D eigenvalue weighted by atomic mass is 10.1. The molecule has 0 heterocycles. The summed E-state index contributed by atoms with van der Waals surface area (Å²) in [5, 5.41) is 2.42. The van der Waals surface area contributed by atoms with Gasteiger partial charge in [-0.2, -0.15) is 0 Å². The van der Waals surface area contributed by atoms with Crippen molar-refractivity contribution in [3.8, 4) is 0 Å². The molecule has 0 saturated heterocycles. The molecule has 0 aliphatic carbocycles. The predicted octanol–water partition coefficient (Wildman–Crippen LogP) is 0.420. The fraction of sp³-hybridized carbons (Fsp3) is 0.333. The largest absolute Gasteiger partial charge is 0.467 e. The fourth-order valence-electron chi connectivity index (χ4n) is 3.02. The SMILES string of the molecule is COC(=O)[C@H](Cc1ccccc1)NC(=O)[C@@H](CS(=O)(=O)Cc1ccccc1)NS(C)(=O)=O. The minimum absolute atomic E-state index is 0.0849. The molecular weight excluding hydrogens is 456 g/mol. The number of ether oxygens (including phenoxy) is 1.